The fraction of sp³-hybridized carbons (Fsp3) is 0.174. The normalized spacial score (nSPS) is 11.1. The Bertz CT molecular complexity index is 1080. The van der Waals surface area contributed by atoms with Crippen LogP contribution in [0.25, 0.3) is 10.9 Å². The molecule has 29 heavy (non-hydrogen) atoms. The molecule has 4 nitrogen and oxygen atoms in total. The Labute approximate surface area is 183 Å². The predicted molar refractivity (Wildman–Crippen MR) is 127 cm³/mol. The van der Waals surface area contributed by atoms with E-state index in [0.29, 0.717) is 5.84 Å². The monoisotopic (exact) mass is 466 g/mol. The molecule has 6 heteroatoms. The van der Waals surface area contributed by atoms with Gasteiger partial charge in [0.25, 0.3) is 0 Å². The van der Waals surface area contributed by atoms with Crippen LogP contribution >= 0.6 is 27.3 Å². The number of rotatable bonds is 8. The van der Waals surface area contributed by atoms with Gasteiger partial charge in [0, 0.05) is 29.4 Å². The van der Waals surface area contributed by atoms with Gasteiger partial charge in [0.1, 0.15) is 5.84 Å². The van der Waals surface area contributed by atoms with Gasteiger partial charge in [0.15, 0.2) is 0 Å². The SMILES string of the molecule is N=C(Nc1ccc2ccn(CCNCCc3ccc(Br)cc3)c2c1)c1cccs1. The van der Waals surface area contributed by atoms with Gasteiger partial charge in [-0.3, -0.25) is 5.41 Å². The van der Waals surface area contributed by atoms with E-state index >= 15 is 0 Å². The number of thiophene rings is 1. The lowest BCUT2D eigenvalue weighted by Gasteiger charge is -2.10. The fourth-order valence-electron chi connectivity index (χ4n) is 3.29. The highest BCUT2D eigenvalue weighted by molar-refractivity contribution is 9.10. The van der Waals surface area contributed by atoms with Crippen LogP contribution in [0.5, 0.6) is 0 Å². The van der Waals surface area contributed by atoms with E-state index in [1.165, 1.54) is 16.5 Å². The second-order valence-electron chi connectivity index (χ2n) is 6.89. The van der Waals surface area contributed by atoms with Crippen molar-refractivity contribution in [3.63, 3.8) is 0 Å². The van der Waals surface area contributed by atoms with E-state index in [-0.39, 0.29) is 0 Å². The third-order valence-corrected chi connectivity index (χ3v) is 6.26. The lowest BCUT2D eigenvalue weighted by atomic mass is 10.1. The lowest BCUT2D eigenvalue weighted by molar-refractivity contribution is 0.610. The molecule has 0 amide bonds. The van der Waals surface area contributed by atoms with Crippen LogP contribution < -0.4 is 10.6 Å². The van der Waals surface area contributed by atoms with Crippen molar-refractivity contribution in [1.82, 2.24) is 9.88 Å². The minimum absolute atomic E-state index is 0.437. The van der Waals surface area contributed by atoms with Crippen molar-refractivity contribution in [2.45, 2.75) is 13.0 Å². The van der Waals surface area contributed by atoms with Crippen molar-refractivity contribution in [2.24, 2.45) is 0 Å². The summed E-state index contributed by atoms with van der Waals surface area (Å²) >= 11 is 5.04. The van der Waals surface area contributed by atoms with E-state index in [1.54, 1.807) is 11.3 Å². The van der Waals surface area contributed by atoms with E-state index in [1.807, 2.05) is 23.6 Å². The maximum absolute atomic E-state index is 8.23. The number of nitrogens with one attached hydrogen (secondary N) is 3. The van der Waals surface area contributed by atoms with Gasteiger partial charge in [-0.05, 0) is 65.7 Å². The van der Waals surface area contributed by atoms with Gasteiger partial charge in [0.2, 0.25) is 0 Å². The van der Waals surface area contributed by atoms with Crippen LogP contribution in [0.3, 0.4) is 0 Å². The molecule has 0 aliphatic heterocycles. The summed E-state index contributed by atoms with van der Waals surface area (Å²) in [5.74, 6) is 0.437. The summed E-state index contributed by atoms with van der Waals surface area (Å²) in [6, 6.07) is 20.8. The number of nitrogens with zero attached hydrogens (tertiary/aromatic N) is 1. The standard InChI is InChI=1S/C23H23BrN4S/c24-19-6-3-17(4-7-19)9-11-26-12-14-28-13-10-18-5-8-20(16-21(18)28)27-23(25)22-2-1-15-29-22/h1-8,10,13,15-16,26H,9,11-12,14H2,(H2,25,27). The van der Waals surface area contributed by atoms with Crippen LogP contribution in [0.4, 0.5) is 5.69 Å². The molecule has 2 aromatic carbocycles. The number of fused-ring (bicyclic) bond motifs is 1. The van der Waals surface area contributed by atoms with Gasteiger partial charge in [-0.2, -0.15) is 0 Å². The zero-order valence-corrected chi connectivity index (χ0v) is 18.4. The van der Waals surface area contributed by atoms with E-state index in [9.17, 15) is 0 Å². The highest BCUT2D eigenvalue weighted by Crippen LogP contribution is 2.21. The molecule has 0 atom stereocenters. The van der Waals surface area contributed by atoms with E-state index in [2.05, 4.69) is 79.8 Å². The summed E-state index contributed by atoms with van der Waals surface area (Å²) in [7, 11) is 0. The quantitative estimate of drug-likeness (QED) is 0.176. The smallest absolute Gasteiger partial charge is 0.140 e. The Morgan fingerprint density at radius 3 is 2.69 bits per heavy atom. The second-order valence-corrected chi connectivity index (χ2v) is 8.75. The molecule has 0 aliphatic carbocycles. The van der Waals surface area contributed by atoms with Crippen molar-refractivity contribution in [3.8, 4) is 0 Å². The van der Waals surface area contributed by atoms with E-state index < -0.39 is 0 Å². The van der Waals surface area contributed by atoms with Gasteiger partial charge in [-0.25, -0.2) is 0 Å². The second kappa shape index (κ2) is 9.39. The van der Waals surface area contributed by atoms with Gasteiger partial charge in [-0.15, -0.1) is 11.3 Å². The summed E-state index contributed by atoms with van der Waals surface area (Å²) in [6.45, 7) is 2.80. The summed E-state index contributed by atoms with van der Waals surface area (Å²) in [5.41, 5.74) is 3.47. The van der Waals surface area contributed by atoms with Crippen molar-refractivity contribution in [2.75, 3.05) is 18.4 Å². The fourth-order valence-corrected chi connectivity index (χ4v) is 4.19. The average Bonchev–Trinajstić information content (AvgIpc) is 3.39. The minimum atomic E-state index is 0.437. The van der Waals surface area contributed by atoms with Crippen molar-refractivity contribution < 1.29 is 0 Å². The zero-order valence-electron chi connectivity index (χ0n) is 16.0. The van der Waals surface area contributed by atoms with Gasteiger partial charge < -0.3 is 15.2 Å². The number of aromatic nitrogens is 1. The number of amidine groups is 1. The molecule has 0 saturated carbocycles. The summed E-state index contributed by atoms with van der Waals surface area (Å²) in [6.07, 6.45) is 3.16. The molecule has 2 aromatic heterocycles. The molecule has 2 heterocycles. The first-order valence-corrected chi connectivity index (χ1v) is 11.3. The first-order valence-electron chi connectivity index (χ1n) is 9.62. The van der Waals surface area contributed by atoms with Crippen molar-refractivity contribution in [1.29, 1.82) is 5.41 Å². The zero-order chi connectivity index (χ0) is 20.1. The van der Waals surface area contributed by atoms with E-state index in [4.69, 9.17) is 5.41 Å². The van der Waals surface area contributed by atoms with Crippen LogP contribution in [0.2, 0.25) is 0 Å². The first kappa shape index (κ1) is 19.9. The number of anilines is 1. The molecule has 4 rings (SSSR count). The first-order chi connectivity index (χ1) is 14.2. The molecule has 0 aliphatic rings. The van der Waals surface area contributed by atoms with Crippen LogP contribution in [-0.4, -0.2) is 23.5 Å². The van der Waals surface area contributed by atoms with Crippen LogP contribution in [0.15, 0.2) is 76.7 Å². The number of halogens is 1. The molecule has 0 radical (unpaired) electrons. The maximum Gasteiger partial charge on any atom is 0.140 e. The largest absolute Gasteiger partial charge is 0.346 e. The molecule has 0 spiro atoms. The number of hydrogen-bond acceptors (Lipinski definition) is 3. The van der Waals surface area contributed by atoms with Crippen molar-refractivity contribution in [3.05, 3.63) is 87.2 Å². The van der Waals surface area contributed by atoms with Gasteiger partial charge >= 0.3 is 0 Å². The summed E-state index contributed by atoms with van der Waals surface area (Å²) in [4.78, 5) is 0.940. The third kappa shape index (κ3) is 5.15. The van der Waals surface area contributed by atoms with Crippen LogP contribution in [-0.2, 0) is 13.0 Å². The van der Waals surface area contributed by atoms with Gasteiger partial charge in [-0.1, -0.05) is 40.2 Å². The Kier molecular flexibility index (Phi) is 6.44. The molecule has 0 bridgehead atoms. The summed E-state index contributed by atoms with van der Waals surface area (Å²) < 4.78 is 3.38. The maximum atomic E-state index is 8.23. The number of hydrogen-bond donors (Lipinski definition) is 3. The lowest BCUT2D eigenvalue weighted by Crippen LogP contribution is -2.22. The minimum Gasteiger partial charge on any atom is -0.346 e. The van der Waals surface area contributed by atoms with Crippen molar-refractivity contribution >= 4 is 49.7 Å². The molecule has 4 aromatic rings. The molecular weight excluding hydrogens is 444 g/mol. The van der Waals surface area contributed by atoms with Gasteiger partial charge in [0.05, 0.1) is 10.4 Å². The Morgan fingerprint density at radius 1 is 1.03 bits per heavy atom. The highest BCUT2D eigenvalue weighted by Gasteiger charge is 2.06. The molecule has 0 saturated heterocycles. The topological polar surface area (TPSA) is 52.8 Å². The Morgan fingerprint density at radius 2 is 1.90 bits per heavy atom. The molecule has 3 N–H and O–H groups in total. The third-order valence-electron chi connectivity index (χ3n) is 4.84. The molecule has 0 fully saturated rings. The van der Waals surface area contributed by atoms with Crippen LogP contribution in [0.1, 0.15) is 10.4 Å². The number of benzene rings is 2. The van der Waals surface area contributed by atoms with Crippen LogP contribution in [0, 0.1) is 5.41 Å². The summed E-state index contributed by atoms with van der Waals surface area (Å²) in [5, 5.41) is 18.2. The molecular formula is C23H23BrN4S. The molecule has 0 unspecified atom stereocenters. The average molecular weight is 467 g/mol. The molecule has 148 valence electrons. The van der Waals surface area contributed by atoms with E-state index in [0.717, 1.165) is 41.1 Å². The Hall–Kier alpha value is -2.41. The predicted octanol–water partition coefficient (Wildman–Crippen LogP) is 5.74. The Balaban J connectivity index is 1.32. The highest BCUT2D eigenvalue weighted by atomic mass is 79.9.